The number of hydrogen-bond acceptors (Lipinski definition) is 4. The van der Waals surface area contributed by atoms with Crippen molar-refractivity contribution in [3.05, 3.63) is 18.3 Å². The number of amides is 1. The summed E-state index contributed by atoms with van der Waals surface area (Å²) in [6.07, 6.45) is 3.03. The van der Waals surface area contributed by atoms with E-state index in [-0.39, 0.29) is 11.9 Å². The Hall–Kier alpha value is -1.78. The fraction of sp³-hybridized carbons (Fsp3) is 0.538. The molecule has 0 bridgehead atoms. The number of carbonyl (C=O) groups is 1. The van der Waals surface area contributed by atoms with Gasteiger partial charge in [0.15, 0.2) is 0 Å². The second-order valence-corrected chi connectivity index (χ2v) is 4.50. The molecule has 5 nitrogen and oxygen atoms in total. The SMILES string of the molecule is CCC(C)NC(=O)CCN(C)c1ccc(N)cn1. The monoisotopic (exact) mass is 250 g/mol. The molecule has 1 rings (SSSR count). The number of nitrogen functional groups attached to an aromatic ring is 1. The van der Waals surface area contributed by atoms with Crippen molar-refractivity contribution in [2.24, 2.45) is 0 Å². The Kier molecular flexibility index (Phi) is 5.42. The molecule has 0 saturated carbocycles. The van der Waals surface area contributed by atoms with Gasteiger partial charge in [-0.05, 0) is 25.5 Å². The minimum atomic E-state index is 0.0756. The van der Waals surface area contributed by atoms with Crippen LogP contribution in [0.4, 0.5) is 11.5 Å². The van der Waals surface area contributed by atoms with E-state index in [1.54, 1.807) is 12.3 Å². The molecule has 0 spiro atoms. The molecule has 0 fully saturated rings. The molecule has 18 heavy (non-hydrogen) atoms. The first kappa shape index (κ1) is 14.3. The number of nitrogens with zero attached hydrogens (tertiary/aromatic N) is 2. The first-order valence-electron chi connectivity index (χ1n) is 6.25. The highest BCUT2D eigenvalue weighted by molar-refractivity contribution is 5.76. The van der Waals surface area contributed by atoms with Crippen LogP contribution in [0.1, 0.15) is 26.7 Å². The largest absolute Gasteiger partial charge is 0.397 e. The minimum absolute atomic E-state index is 0.0756. The quantitative estimate of drug-likeness (QED) is 0.800. The van der Waals surface area contributed by atoms with Crippen molar-refractivity contribution in [1.82, 2.24) is 10.3 Å². The third kappa shape index (κ3) is 4.61. The fourth-order valence-electron chi connectivity index (χ4n) is 1.46. The van der Waals surface area contributed by atoms with E-state index in [0.29, 0.717) is 18.7 Å². The molecule has 3 N–H and O–H groups in total. The van der Waals surface area contributed by atoms with Gasteiger partial charge in [0.1, 0.15) is 5.82 Å². The third-order valence-corrected chi connectivity index (χ3v) is 2.86. The maximum absolute atomic E-state index is 11.6. The third-order valence-electron chi connectivity index (χ3n) is 2.86. The summed E-state index contributed by atoms with van der Waals surface area (Å²) in [4.78, 5) is 17.8. The van der Waals surface area contributed by atoms with Crippen molar-refractivity contribution in [2.75, 3.05) is 24.2 Å². The number of hydrogen-bond donors (Lipinski definition) is 2. The van der Waals surface area contributed by atoms with Crippen molar-refractivity contribution in [1.29, 1.82) is 0 Å². The molecule has 1 heterocycles. The van der Waals surface area contributed by atoms with Crippen LogP contribution in [0.2, 0.25) is 0 Å². The zero-order chi connectivity index (χ0) is 13.5. The highest BCUT2D eigenvalue weighted by atomic mass is 16.1. The van der Waals surface area contributed by atoms with Gasteiger partial charge in [0.05, 0.1) is 11.9 Å². The van der Waals surface area contributed by atoms with Gasteiger partial charge in [0.25, 0.3) is 0 Å². The normalized spacial score (nSPS) is 11.9. The predicted octanol–water partition coefficient (Wildman–Crippen LogP) is 1.40. The van der Waals surface area contributed by atoms with Crippen LogP contribution in [-0.4, -0.2) is 30.5 Å². The summed E-state index contributed by atoms with van der Waals surface area (Å²) in [6.45, 7) is 4.69. The highest BCUT2D eigenvalue weighted by Gasteiger charge is 2.08. The topological polar surface area (TPSA) is 71.2 Å². The number of carbonyl (C=O) groups excluding carboxylic acids is 1. The Morgan fingerprint density at radius 3 is 2.83 bits per heavy atom. The van der Waals surface area contributed by atoms with Gasteiger partial charge in [0, 0.05) is 26.1 Å². The molecule has 100 valence electrons. The molecule has 0 radical (unpaired) electrons. The van der Waals surface area contributed by atoms with E-state index < -0.39 is 0 Å². The molecule has 0 aliphatic rings. The van der Waals surface area contributed by atoms with E-state index in [1.165, 1.54) is 0 Å². The second-order valence-electron chi connectivity index (χ2n) is 4.50. The molecule has 0 saturated heterocycles. The summed E-state index contributed by atoms with van der Waals surface area (Å²) in [7, 11) is 1.91. The van der Waals surface area contributed by atoms with E-state index in [4.69, 9.17) is 5.73 Å². The first-order chi connectivity index (χ1) is 8.52. The van der Waals surface area contributed by atoms with Crippen LogP contribution in [-0.2, 0) is 4.79 Å². The summed E-state index contributed by atoms with van der Waals surface area (Å²) < 4.78 is 0. The van der Waals surface area contributed by atoms with Gasteiger partial charge in [-0.1, -0.05) is 6.92 Å². The first-order valence-corrected chi connectivity index (χ1v) is 6.25. The van der Waals surface area contributed by atoms with Crippen molar-refractivity contribution in [3.8, 4) is 0 Å². The van der Waals surface area contributed by atoms with Gasteiger partial charge >= 0.3 is 0 Å². The van der Waals surface area contributed by atoms with Crippen LogP contribution in [0.15, 0.2) is 18.3 Å². The minimum Gasteiger partial charge on any atom is -0.397 e. The fourth-order valence-corrected chi connectivity index (χ4v) is 1.46. The van der Waals surface area contributed by atoms with Crippen molar-refractivity contribution in [2.45, 2.75) is 32.7 Å². The Labute approximate surface area is 108 Å². The van der Waals surface area contributed by atoms with Crippen molar-refractivity contribution in [3.63, 3.8) is 0 Å². The van der Waals surface area contributed by atoms with Gasteiger partial charge in [-0.3, -0.25) is 4.79 Å². The molecule has 1 amide bonds. The molecule has 1 unspecified atom stereocenters. The average Bonchev–Trinajstić information content (AvgIpc) is 2.36. The van der Waals surface area contributed by atoms with E-state index in [0.717, 1.165) is 12.2 Å². The smallest absolute Gasteiger partial charge is 0.221 e. The van der Waals surface area contributed by atoms with E-state index in [2.05, 4.69) is 17.2 Å². The Bertz CT molecular complexity index is 377. The highest BCUT2D eigenvalue weighted by Crippen LogP contribution is 2.10. The lowest BCUT2D eigenvalue weighted by Crippen LogP contribution is -2.34. The Balaban J connectivity index is 2.39. The summed E-state index contributed by atoms with van der Waals surface area (Å²) >= 11 is 0. The standard InChI is InChI=1S/C13H22N4O/c1-4-10(2)16-13(18)7-8-17(3)12-6-5-11(14)9-15-12/h5-6,9-10H,4,7-8,14H2,1-3H3,(H,16,18). The zero-order valence-electron chi connectivity index (χ0n) is 11.3. The van der Waals surface area contributed by atoms with Crippen LogP contribution in [0.25, 0.3) is 0 Å². The molecule has 0 aliphatic heterocycles. The van der Waals surface area contributed by atoms with E-state index in [9.17, 15) is 4.79 Å². The van der Waals surface area contributed by atoms with Crippen LogP contribution in [0.3, 0.4) is 0 Å². The maximum atomic E-state index is 11.6. The number of nitrogens with two attached hydrogens (primary N) is 1. The number of aromatic nitrogens is 1. The van der Waals surface area contributed by atoms with Crippen LogP contribution < -0.4 is 16.0 Å². The summed E-state index contributed by atoms with van der Waals surface area (Å²) in [5.74, 6) is 0.896. The molecule has 0 aliphatic carbocycles. The lowest BCUT2D eigenvalue weighted by molar-refractivity contribution is -0.121. The number of rotatable bonds is 6. The molecule has 5 heteroatoms. The van der Waals surface area contributed by atoms with Gasteiger partial charge in [-0.25, -0.2) is 4.98 Å². The van der Waals surface area contributed by atoms with E-state index >= 15 is 0 Å². The number of pyridine rings is 1. The number of nitrogens with one attached hydrogen (secondary N) is 1. The van der Waals surface area contributed by atoms with Crippen LogP contribution in [0, 0.1) is 0 Å². The predicted molar refractivity (Wildman–Crippen MR) is 74.4 cm³/mol. The Morgan fingerprint density at radius 2 is 2.28 bits per heavy atom. The molecular formula is C13H22N4O. The summed E-state index contributed by atoms with van der Waals surface area (Å²) in [6, 6.07) is 3.89. The molecule has 1 atom stereocenters. The molecule has 0 aromatic carbocycles. The molecular weight excluding hydrogens is 228 g/mol. The summed E-state index contributed by atoms with van der Waals surface area (Å²) in [5, 5.41) is 2.94. The summed E-state index contributed by atoms with van der Waals surface area (Å²) in [5.41, 5.74) is 6.21. The second kappa shape index (κ2) is 6.83. The van der Waals surface area contributed by atoms with Crippen molar-refractivity contribution >= 4 is 17.4 Å². The van der Waals surface area contributed by atoms with Crippen LogP contribution in [0.5, 0.6) is 0 Å². The van der Waals surface area contributed by atoms with E-state index in [1.807, 2.05) is 24.9 Å². The van der Waals surface area contributed by atoms with Gasteiger partial charge in [-0.15, -0.1) is 0 Å². The maximum Gasteiger partial charge on any atom is 0.221 e. The van der Waals surface area contributed by atoms with Gasteiger partial charge < -0.3 is 16.0 Å². The lowest BCUT2D eigenvalue weighted by atomic mass is 10.2. The average molecular weight is 250 g/mol. The molecule has 1 aromatic heterocycles. The van der Waals surface area contributed by atoms with Gasteiger partial charge in [-0.2, -0.15) is 0 Å². The molecule has 1 aromatic rings. The number of anilines is 2. The lowest BCUT2D eigenvalue weighted by Gasteiger charge is -2.18. The van der Waals surface area contributed by atoms with Crippen LogP contribution >= 0.6 is 0 Å². The van der Waals surface area contributed by atoms with Gasteiger partial charge in [0.2, 0.25) is 5.91 Å². The Morgan fingerprint density at radius 1 is 1.56 bits per heavy atom. The zero-order valence-corrected chi connectivity index (χ0v) is 11.3. The van der Waals surface area contributed by atoms with Crippen molar-refractivity contribution < 1.29 is 4.79 Å².